The summed E-state index contributed by atoms with van der Waals surface area (Å²) in [5.74, 6) is -1.35. The lowest BCUT2D eigenvalue weighted by Gasteiger charge is -2.38. The van der Waals surface area contributed by atoms with Crippen molar-refractivity contribution < 1.29 is 28.6 Å². The first-order valence-corrected chi connectivity index (χ1v) is 11.1. The van der Waals surface area contributed by atoms with Gasteiger partial charge >= 0.3 is 18.0 Å². The highest BCUT2D eigenvalue weighted by Gasteiger charge is 2.67. The molecule has 1 amide bonds. The Kier molecular flexibility index (Phi) is 5.82. The lowest BCUT2D eigenvalue weighted by atomic mass is 9.75. The number of fused-ring (bicyclic) bond motifs is 2. The molecule has 2 atom stereocenters. The van der Waals surface area contributed by atoms with Crippen molar-refractivity contribution >= 4 is 28.8 Å². The fraction of sp³-hybridized carbons (Fsp3) is 0.480. The lowest BCUT2D eigenvalue weighted by molar-refractivity contribution is -0.174. The van der Waals surface area contributed by atoms with Crippen LogP contribution in [-0.4, -0.2) is 60.5 Å². The van der Waals surface area contributed by atoms with Crippen LogP contribution in [0.25, 0.3) is 10.8 Å². The number of carbonyl (C=O) groups excluding carboxylic acids is 3. The van der Waals surface area contributed by atoms with Gasteiger partial charge in [-0.1, -0.05) is 36.4 Å². The predicted octanol–water partition coefficient (Wildman–Crippen LogP) is 3.84. The molecular formula is C25H30N2O6. The van der Waals surface area contributed by atoms with Gasteiger partial charge in [0, 0.05) is 12.6 Å². The Morgan fingerprint density at radius 2 is 1.61 bits per heavy atom. The molecule has 4 rings (SSSR count). The molecule has 33 heavy (non-hydrogen) atoms. The number of ether oxygens (including phenoxy) is 3. The maximum absolute atomic E-state index is 13.2. The second kappa shape index (κ2) is 8.33. The van der Waals surface area contributed by atoms with Gasteiger partial charge in [-0.05, 0) is 56.0 Å². The zero-order valence-corrected chi connectivity index (χ0v) is 19.7. The van der Waals surface area contributed by atoms with Crippen molar-refractivity contribution in [2.45, 2.75) is 51.3 Å². The fourth-order valence-electron chi connectivity index (χ4n) is 5.12. The maximum Gasteiger partial charge on any atom is 0.425 e. The van der Waals surface area contributed by atoms with Crippen LogP contribution in [-0.2, 0) is 23.8 Å². The number of hydrogen-bond donors (Lipinski definition) is 0. The molecule has 2 saturated heterocycles. The number of hydrazine groups is 1. The molecule has 0 aliphatic carbocycles. The Bertz CT molecular complexity index is 1080. The van der Waals surface area contributed by atoms with Crippen molar-refractivity contribution in [1.82, 2.24) is 10.0 Å². The number of amides is 1. The molecule has 2 fully saturated rings. The molecule has 0 N–H and O–H groups in total. The smallest absolute Gasteiger partial charge is 0.425 e. The average molecular weight is 455 g/mol. The molecular weight excluding hydrogens is 424 g/mol. The summed E-state index contributed by atoms with van der Waals surface area (Å²) < 4.78 is 15.9. The second-order valence-electron chi connectivity index (χ2n) is 9.59. The number of benzene rings is 2. The highest BCUT2D eigenvalue weighted by atomic mass is 16.6. The minimum atomic E-state index is -1.61. The van der Waals surface area contributed by atoms with Gasteiger partial charge in [-0.3, -0.25) is 9.59 Å². The van der Waals surface area contributed by atoms with E-state index in [2.05, 4.69) is 0 Å². The summed E-state index contributed by atoms with van der Waals surface area (Å²) in [5, 5.41) is 5.34. The van der Waals surface area contributed by atoms with Gasteiger partial charge in [0.15, 0.2) is 5.41 Å². The summed E-state index contributed by atoms with van der Waals surface area (Å²) in [6, 6.07) is 12.6. The minimum absolute atomic E-state index is 0.184. The van der Waals surface area contributed by atoms with Gasteiger partial charge in [0.05, 0.1) is 20.3 Å². The van der Waals surface area contributed by atoms with Gasteiger partial charge in [0.1, 0.15) is 5.60 Å². The van der Waals surface area contributed by atoms with Crippen LogP contribution in [0.3, 0.4) is 0 Å². The molecule has 2 aliphatic rings. The fourth-order valence-corrected chi connectivity index (χ4v) is 5.12. The van der Waals surface area contributed by atoms with Crippen molar-refractivity contribution in [3.05, 3.63) is 48.0 Å². The lowest BCUT2D eigenvalue weighted by Crippen LogP contribution is -2.51. The van der Waals surface area contributed by atoms with Crippen molar-refractivity contribution in [1.29, 1.82) is 0 Å². The van der Waals surface area contributed by atoms with Crippen LogP contribution in [0.1, 0.15) is 45.2 Å². The maximum atomic E-state index is 13.2. The molecule has 2 aliphatic heterocycles. The Morgan fingerprint density at radius 3 is 2.21 bits per heavy atom. The second-order valence-corrected chi connectivity index (χ2v) is 9.59. The molecule has 8 heteroatoms. The number of carbonyl (C=O) groups is 3. The van der Waals surface area contributed by atoms with Gasteiger partial charge in [0.2, 0.25) is 0 Å². The van der Waals surface area contributed by atoms with Crippen LogP contribution >= 0.6 is 0 Å². The van der Waals surface area contributed by atoms with Gasteiger partial charge in [-0.2, -0.15) is 0 Å². The zero-order valence-electron chi connectivity index (χ0n) is 19.7. The number of nitrogens with zero attached hydrogens (tertiary/aromatic N) is 2. The normalized spacial score (nSPS) is 22.2. The molecule has 0 bridgehead atoms. The standard InChI is InChI=1S/C25H30N2O6/c1-24(2,3)33-23(30)26-13-12-19-15-25(21(28)31-4,22(29)32-5)20(27(19)26)18-11-10-16-8-6-7-9-17(16)14-18/h6-11,14,19-20H,12-13,15H2,1-5H3/t19-,20+/m0/s1. The summed E-state index contributed by atoms with van der Waals surface area (Å²) in [5.41, 5.74) is -1.57. The highest BCUT2D eigenvalue weighted by molar-refractivity contribution is 6.02. The van der Waals surface area contributed by atoms with E-state index in [4.69, 9.17) is 14.2 Å². The third-order valence-electron chi connectivity index (χ3n) is 6.41. The molecule has 0 unspecified atom stereocenters. The largest absolute Gasteiger partial charge is 0.468 e. The molecule has 0 aromatic heterocycles. The summed E-state index contributed by atoms with van der Waals surface area (Å²) >= 11 is 0. The molecule has 8 nitrogen and oxygen atoms in total. The number of methoxy groups -OCH3 is 2. The van der Waals surface area contributed by atoms with E-state index in [0.717, 1.165) is 16.3 Å². The number of esters is 2. The minimum Gasteiger partial charge on any atom is -0.468 e. The van der Waals surface area contributed by atoms with E-state index in [-0.39, 0.29) is 12.5 Å². The first kappa shape index (κ1) is 23.0. The molecule has 0 radical (unpaired) electrons. The van der Waals surface area contributed by atoms with E-state index in [0.29, 0.717) is 13.0 Å². The van der Waals surface area contributed by atoms with Crippen LogP contribution in [0.2, 0.25) is 0 Å². The molecule has 0 spiro atoms. The van der Waals surface area contributed by atoms with Gasteiger partial charge in [-0.15, -0.1) is 0 Å². The monoisotopic (exact) mass is 454 g/mol. The van der Waals surface area contributed by atoms with E-state index in [1.165, 1.54) is 19.2 Å². The summed E-state index contributed by atoms with van der Waals surface area (Å²) in [4.78, 5) is 39.6. The van der Waals surface area contributed by atoms with Crippen LogP contribution in [0.15, 0.2) is 42.5 Å². The summed E-state index contributed by atoms with van der Waals surface area (Å²) in [7, 11) is 2.53. The molecule has 0 saturated carbocycles. The van der Waals surface area contributed by atoms with Gasteiger partial charge < -0.3 is 14.2 Å². The molecule has 176 valence electrons. The van der Waals surface area contributed by atoms with Gasteiger partial charge in [0.25, 0.3) is 0 Å². The quantitative estimate of drug-likeness (QED) is 0.396. The van der Waals surface area contributed by atoms with Crippen LogP contribution < -0.4 is 0 Å². The van der Waals surface area contributed by atoms with E-state index in [1.54, 1.807) is 20.8 Å². The Morgan fingerprint density at radius 1 is 0.970 bits per heavy atom. The Hall–Kier alpha value is -3.13. The predicted molar refractivity (Wildman–Crippen MR) is 121 cm³/mol. The van der Waals surface area contributed by atoms with E-state index < -0.39 is 35.1 Å². The molecule has 2 aromatic carbocycles. The zero-order chi connectivity index (χ0) is 24.0. The van der Waals surface area contributed by atoms with E-state index >= 15 is 0 Å². The number of hydrogen-bond acceptors (Lipinski definition) is 7. The third-order valence-corrected chi connectivity index (χ3v) is 6.41. The first-order chi connectivity index (χ1) is 15.6. The highest BCUT2D eigenvalue weighted by Crippen LogP contribution is 2.55. The topological polar surface area (TPSA) is 85.4 Å². The van der Waals surface area contributed by atoms with Crippen molar-refractivity contribution in [3.8, 4) is 0 Å². The van der Waals surface area contributed by atoms with Crippen LogP contribution in [0.5, 0.6) is 0 Å². The first-order valence-electron chi connectivity index (χ1n) is 11.1. The summed E-state index contributed by atoms with van der Waals surface area (Å²) in [6.07, 6.45) is 0.267. The van der Waals surface area contributed by atoms with Crippen molar-refractivity contribution in [2.75, 3.05) is 20.8 Å². The van der Waals surface area contributed by atoms with Crippen molar-refractivity contribution in [2.24, 2.45) is 5.41 Å². The number of rotatable bonds is 3. The molecule has 2 heterocycles. The summed E-state index contributed by atoms with van der Waals surface area (Å²) in [6.45, 7) is 5.84. The van der Waals surface area contributed by atoms with Crippen LogP contribution in [0, 0.1) is 5.41 Å². The van der Waals surface area contributed by atoms with E-state index in [1.807, 2.05) is 47.5 Å². The van der Waals surface area contributed by atoms with Gasteiger partial charge in [-0.25, -0.2) is 14.8 Å². The molecule has 2 aromatic rings. The van der Waals surface area contributed by atoms with Crippen molar-refractivity contribution in [3.63, 3.8) is 0 Å². The van der Waals surface area contributed by atoms with Crippen LogP contribution in [0.4, 0.5) is 4.79 Å². The third kappa shape index (κ3) is 3.82. The average Bonchev–Trinajstić information content (AvgIpc) is 3.33. The van der Waals surface area contributed by atoms with E-state index in [9.17, 15) is 14.4 Å². The SMILES string of the molecule is COC(=O)C1(C(=O)OC)C[C@@H]2CCN(C(=O)OC(C)(C)C)N2[C@@H]1c1ccc2ccccc2c1. The Labute approximate surface area is 193 Å². The Balaban J connectivity index is 1.88.